The van der Waals surface area contributed by atoms with Crippen LogP contribution in [-0.4, -0.2) is 55.0 Å². The number of rotatable bonds is 7. The maximum Gasteiger partial charge on any atom is 0.236 e. The van der Waals surface area contributed by atoms with Crippen molar-refractivity contribution in [2.75, 3.05) is 26.2 Å². The van der Waals surface area contributed by atoms with Crippen LogP contribution in [0.15, 0.2) is 66.1 Å². The van der Waals surface area contributed by atoms with E-state index in [4.69, 9.17) is 0 Å². The van der Waals surface area contributed by atoms with Crippen molar-refractivity contribution in [3.05, 3.63) is 77.2 Å². The molecule has 2 aromatic rings. The summed E-state index contributed by atoms with van der Waals surface area (Å²) in [5, 5.41) is 1.09. The summed E-state index contributed by atoms with van der Waals surface area (Å²) in [6.45, 7) is 3.41. The van der Waals surface area contributed by atoms with Gasteiger partial charge in [0, 0.05) is 37.3 Å². The van der Waals surface area contributed by atoms with Crippen LogP contribution in [0.1, 0.15) is 18.1 Å². The second-order valence-corrected chi connectivity index (χ2v) is 10.1. The van der Waals surface area contributed by atoms with Gasteiger partial charge in [-0.3, -0.25) is 4.79 Å². The predicted octanol–water partition coefficient (Wildman–Crippen LogP) is 3.45. The molecule has 1 heterocycles. The summed E-state index contributed by atoms with van der Waals surface area (Å²) in [6.07, 6.45) is 1.61. The molecule has 1 aliphatic heterocycles. The van der Waals surface area contributed by atoms with E-state index in [1.165, 1.54) is 15.3 Å². The van der Waals surface area contributed by atoms with Gasteiger partial charge in [-0.25, -0.2) is 8.42 Å². The lowest BCUT2D eigenvalue weighted by atomic mass is 10.2. The van der Waals surface area contributed by atoms with E-state index in [2.05, 4.69) is 12.1 Å². The predicted molar refractivity (Wildman–Crippen MR) is 120 cm³/mol. The molecule has 3 rings (SSSR count). The molecule has 5 nitrogen and oxygen atoms in total. The Balaban J connectivity index is 1.50. The summed E-state index contributed by atoms with van der Waals surface area (Å²) in [5.41, 5.74) is 2.03. The SMILES string of the molecule is CC(SCc1ccccc1)C(=O)N1CCN(S(=O)(=O)/C=C/c2ccccc2)CC1. The van der Waals surface area contributed by atoms with Gasteiger partial charge >= 0.3 is 0 Å². The number of amides is 1. The van der Waals surface area contributed by atoms with Crippen LogP contribution in [0.2, 0.25) is 0 Å². The van der Waals surface area contributed by atoms with Gasteiger partial charge in [0.15, 0.2) is 0 Å². The van der Waals surface area contributed by atoms with Gasteiger partial charge in [0.2, 0.25) is 15.9 Å². The van der Waals surface area contributed by atoms with Crippen LogP contribution in [-0.2, 0) is 20.6 Å². The summed E-state index contributed by atoms with van der Waals surface area (Å²) in [7, 11) is -3.49. The lowest BCUT2D eigenvalue weighted by Gasteiger charge is -2.34. The lowest BCUT2D eigenvalue weighted by Crippen LogP contribution is -2.51. The number of carbonyl (C=O) groups is 1. The van der Waals surface area contributed by atoms with Crippen molar-refractivity contribution in [3.63, 3.8) is 0 Å². The smallest absolute Gasteiger partial charge is 0.236 e. The van der Waals surface area contributed by atoms with Crippen LogP contribution in [0.4, 0.5) is 0 Å². The lowest BCUT2D eigenvalue weighted by molar-refractivity contribution is -0.131. The Kier molecular flexibility index (Phi) is 7.52. The van der Waals surface area contributed by atoms with E-state index in [-0.39, 0.29) is 11.2 Å². The van der Waals surface area contributed by atoms with Gasteiger partial charge in [-0.15, -0.1) is 11.8 Å². The molecule has 0 spiro atoms. The maximum absolute atomic E-state index is 12.7. The van der Waals surface area contributed by atoms with E-state index in [0.29, 0.717) is 26.2 Å². The third kappa shape index (κ3) is 6.19. The molecule has 1 fully saturated rings. The van der Waals surface area contributed by atoms with Crippen molar-refractivity contribution in [3.8, 4) is 0 Å². The van der Waals surface area contributed by atoms with Crippen molar-refractivity contribution in [2.24, 2.45) is 0 Å². The van der Waals surface area contributed by atoms with Crippen LogP contribution in [0.25, 0.3) is 6.08 Å². The van der Waals surface area contributed by atoms with E-state index in [1.807, 2.05) is 55.5 Å². The molecule has 0 saturated carbocycles. The largest absolute Gasteiger partial charge is 0.339 e. The Hall–Kier alpha value is -2.09. The Morgan fingerprint density at radius 1 is 1.00 bits per heavy atom. The molecule has 1 amide bonds. The fourth-order valence-corrected chi connectivity index (χ4v) is 5.20. The summed E-state index contributed by atoms with van der Waals surface area (Å²) in [4.78, 5) is 14.5. The molecule has 0 radical (unpaired) electrons. The highest BCUT2D eigenvalue weighted by atomic mass is 32.2. The quantitative estimate of drug-likeness (QED) is 0.675. The average molecular weight is 431 g/mol. The Bertz CT molecular complexity index is 923. The second kappa shape index (κ2) is 10.1. The second-order valence-electron chi connectivity index (χ2n) is 6.92. The van der Waals surface area contributed by atoms with E-state index < -0.39 is 10.0 Å². The van der Waals surface area contributed by atoms with Gasteiger partial charge < -0.3 is 4.90 Å². The number of sulfonamides is 1. The molecule has 0 aliphatic carbocycles. The standard InChI is InChI=1S/C22H26N2O3S2/c1-19(28-18-21-10-6-3-7-11-21)22(25)23-13-15-24(16-14-23)29(26,27)17-12-20-8-4-2-5-9-20/h2-12,17,19H,13-16,18H2,1H3/b17-12+. The van der Waals surface area contributed by atoms with Crippen LogP contribution < -0.4 is 0 Å². The van der Waals surface area contributed by atoms with Crippen LogP contribution >= 0.6 is 11.8 Å². The summed E-state index contributed by atoms with van der Waals surface area (Å²) in [5.74, 6) is 0.856. The van der Waals surface area contributed by atoms with Crippen molar-refractivity contribution >= 4 is 33.8 Å². The topological polar surface area (TPSA) is 57.7 Å². The van der Waals surface area contributed by atoms with Crippen LogP contribution in [0, 0.1) is 0 Å². The highest BCUT2D eigenvalue weighted by Crippen LogP contribution is 2.20. The Morgan fingerprint density at radius 2 is 1.59 bits per heavy atom. The molecule has 1 unspecified atom stereocenters. The number of benzene rings is 2. The van der Waals surface area contributed by atoms with Crippen molar-refractivity contribution in [1.29, 1.82) is 0 Å². The molecule has 0 aromatic heterocycles. The minimum Gasteiger partial charge on any atom is -0.339 e. The van der Waals surface area contributed by atoms with Crippen molar-refractivity contribution in [2.45, 2.75) is 17.9 Å². The van der Waals surface area contributed by atoms with Crippen molar-refractivity contribution < 1.29 is 13.2 Å². The number of nitrogens with zero attached hydrogens (tertiary/aromatic N) is 2. The average Bonchev–Trinajstić information content (AvgIpc) is 2.77. The number of carbonyl (C=O) groups excluding carboxylic acids is 1. The molecule has 0 N–H and O–H groups in total. The first-order valence-electron chi connectivity index (χ1n) is 9.63. The molecule has 7 heteroatoms. The Morgan fingerprint density at radius 3 is 2.21 bits per heavy atom. The minimum atomic E-state index is -3.49. The third-order valence-corrected chi connectivity index (χ3v) is 7.60. The summed E-state index contributed by atoms with van der Waals surface area (Å²) in [6, 6.07) is 19.4. The zero-order valence-electron chi connectivity index (χ0n) is 16.5. The number of hydrogen-bond acceptors (Lipinski definition) is 4. The Labute approximate surface area is 177 Å². The highest BCUT2D eigenvalue weighted by molar-refractivity contribution is 7.99. The first-order valence-corrected chi connectivity index (χ1v) is 12.2. The van der Waals surface area contributed by atoms with E-state index in [9.17, 15) is 13.2 Å². The fourth-order valence-electron chi connectivity index (χ4n) is 3.10. The molecule has 2 aromatic carbocycles. The number of thioether (sulfide) groups is 1. The molecule has 154 valence electrons. The molecule has 0 bridgehead atoms. The fraction of sp³-hybridized carbons (Fsp3) is 0.318. The zero-order valence-corrected chi connectivity index (χ0v) is 18.1. The van der Waals surface area contributed by atoms with Gasteiger partial charge in [0.05, 0.1) is 5.25 Å². The van der Waals surface area contributed by atoms with Crippen molar-refractivity contribution in [1.82, 2.24) is 9.21 Å². The monoisotopic (exact) mass is 430 g/mol. The van der Waals surface area contributed by atoms with Crippen LogP contribution in [0.3, 0.4) is 0 Å². The first-order chi connectivity index (χ1) is 14.0. The molecule has 1 atom stereocenters. The van der Waals surface area contributed by atoms with E-state index >= 15 is 0 Å². The van der Waals surface area contributed by atoms with E-state index in [0.717, 1.165) is 11.3 Å². The number of hydrogen-bond donors (Lipinski definition) is 0. The number of piperazine rings is 1. The van der Waals surface area contributed by atoms with Gasteiger partial charge in [0.1, 0.15) is 0 Å². The summed E-state index contributed by atoms with van der Waals surface area (Å²) >= 11 is 1.61. The minimum absolute atomic E-state index is 0.0720. The summed E-state index contributed by atoms with van der Waals surface area (Å²) < 4.78 is 26.6. The molecule has 29 heavy (non-hydrogen) atoms. The van der Waals surface area contributed by atoms with E-state index in [1.54, 1.807) is 22.7 Å². The van der Waals surface area contributed by atoms with Gasteiger partial charge in [-0.1, -0.05) is 60.7 Å². The third-order valence-electron chi connectivity index (χ3n) is 4.83. The molecular formula is C22H26N2O3S2. The highest BCUT2D eigenvalue weighted by Gasteiger charge is 2.29. The van der Waals surface area contributed by atoms with Crippen LogP contribution in [0.5, 0.6) is 0 Å². The molecular weight excluding hydrogens is 404 g/mol. The molecule has 1 saturated heterocycles. The maximum atomic E-state index is 12.7. The van der Waals surface area contributed by atoms with Gasteiger partial charge in [-0.2, -0.15) is 4.31 Å². The molecule has 1 aliphatic rings. The normalized spacial score (nSPS) is 16.8. The zero-order chi connectivity index (χ0) is 20.7. The van der Waals surface area contributed by atoms with Gasteiger partial charge in [-0.05, 0) is 24.1 Å². The first kappa shape index (κ1) is 21.6. The van der Waals surface area contributed by atoms with Gasteiger partial charge in [0.25, 0.3) is 0 Å².